The Morgan fingerprint density at radius 3 is 2.66 bits per heavy atom. The predicted molar refractivity (Wildman–Crippen MR) is 144 cm³/mol. The van der Waals surface area contributed by atoms with E-state index < -0.39 is 0 Å². The Balaban J connectivity index is 1.49. The van der Waals surface area contributed by atoms with Crippen molar-refractivity contribution in [2.24, 2.45) is 0 Å². The highest BCUT2D eigenvalue weighted by Crippen LogP contribution is 2.36. The molecule has 180 valence electrons. The lowest BCUT2D eigenvalue weighted by Crippen LogP contribution is -2.35. The van der Waals surface area contributed by atoms with Crippen LogP contribution in [0, 0.1) is 0 Å². The van der Waals surface area contributed by atoms with E-state index in [9.17, 15) is 4.79 Å². The van der Waals surface area contributed by atoms with Gasteiger partial charge in [0.25, 0.3) is 5.91 Å². The maximum atomic E-state index is 13.2. The lowest BCUT2D eigenvalue weighted by atomic mass is 10.1. The van der Waals surface area contributed by atoms with Crippen LogP contribution in [0.25, 0.3) is 23.0 Å². The minimum absolute atomic E-state index is 0.0554. The summed E-state index contributed by atoms with van der Waals surface area (Å²) in [5, 5.41) is 4.87. The minimum Gasteiger partial charge on any atom is -0.491 e. The molecule has 1 aromatic heterocycles. The number of thiocarbonyl (C=S) groups is 1. The SMILES string of the molecule is CC(C)Oc1ccc(-c2nn(-c3ccccc3)cc2C=C2SC(=S)N(CC3CCCO3)C2=O)cc1. The maximum absolute atomic E-state index is 13.2. The summed E-state index contributed by atoms with van der Waals surface area (Å²) in [6, 6.07) is 17.8. The van der Waals surface area contributed by atoms with Gasteiger partial charge in [0, 0.05) is 23.9 Å². The molecule has 6 nitrogen and oxygen atoms in total. The predicted octanol–water partition coefficient (Wildman–Crippen LogP) is 5.71. The molecule has 2 saturated heterocycles. The molecule has 2 aliphatic rings. The van der Waals surface area contributed by atoms with Crippen molar-refractivity contribution in [3.63, 3.8) is 0 Å². The Morgan fingerprint density at radius 2 is 1.97 bits per heavy atom. The highest BCUT2D eigenvalue weighted by Gasteiger charge is 2.35. The molecule has 5 rings (SSSR count). The molecule has 1 amide bonds. The van der Waals surface area contributed by atoms with E-state index in [0.717, 1.165) is 47.7 Å². The molecule has 2 aromatic carbocycles. The molecule has 3 aromatic rings. The third-order valence-electron chi connectivity index (χ3n) is 5.83. The van der Waals surface area contributed by atoms with E-state index in [0.29, 0.717) is 15.8 Å². The lowest BCUT2D eigenvalue weighted by Gasteiger charge is -2.18. The van der Waals surface area contributed by atoms with Crippen molar-refractivity contribution in [3.8, 4) is 22.7 Å². The summed E-state index contributed by atoms with van der Waals surface area (Å²) in [4.78, 5) is 15.5. The minimum atomic E-state index is -0.0745. The van der Waals surface area contributed by atoms with Crippen molar-refractivity contribution in [1.82, 2.24) is 14.7 Å². The van der Waals surface area contributed by atoms with Gasteiger partial charge in [0.2, 0.25) is 0 Å². The average Bonchev–Trinajstić information content (AvgIpc) is 3.57. The van der Waals surface area contributed by atoms with E-state index in [1.807, 2.05) is 85.4 Å². The molecular formula is C27H27N3O3S2. The molecule has 35 heavy (non-hydrogen) atoms. The molecule has 0 radical (unpaired) electrons. The standard InChI is InChI=1S/C27H27N3O3S2/c1-18(2)33-22-12-10-19(11-13-22)25-20(16-30(28-25)21-7-4-3-5-8-21)15-24-26(31)29(27(34)35-24)17-23-9-6-14-32-23/h3-5,7-8,10-13,15-16,18,23H,6,9,14,17H2,1-2H3. The van der Waals surface area contributed by atoms with Crippen LogP contribution in [0.4, 0.5) is 0 Å². The van der Waals surface area contributed by atoms with Gasteiger partial charge in [-0.1, -0.05) is 42.2 Å². The Hall–Kier alpha value is -2.94. The summed E-state index contributed by atoms with van der Waals surface area (Å²) in [7, 11) is 0. The Kier molecular flexibility index (Phi) is 7.04. The Bertz CT molecular complexity index is 1250. The smallest absolute Gasteiger partial charge is 0.266 e. The van der Waals surface area contributed by atoms with Gasteiger partial charge in [0.05, 0.1) is 35.0 Å². The van der Waals surface area contributed by atoms with Crippen LogP contribution in [0.3, 0.4) is 0 Å². The van der Waals surface area contributed by atoms with Crippen LogP contribution in [-0.4, -0.2) is 50.3 Å². The van der Waals surface area contributed by atoms with Crippen molar-refractivity contribution in [1.29, 1.82) is 0 Å². The first kappa shape index (κ1) is 23.8. The highest BCUT2D eigenvalue weighted by atomic mass is 32.2. The van der Waals surface area contributed by atoms with Crippen LogP contribution in [0.2, 0.25) is 0 Å². The number of ether oxygens (including phenoxy) is 2. The topological polar surface area (TPSA) is 56.6 Å². The normalized spacial score (nSPS) is 19.3. The monoisotopic (exact) mass is 505 g/mol. The molecule has 1 unspecified atom stereocenters. The molecule has 8 heteroatoms. The summed E-state index contributed by atoms with van der Waals surface area (Å²) in [6.45, 7) is 5.26. The van der Waals surface area contributed by atoms with Crippen LogP contribution in [0.15, 0.2) is 65.7 Å². The summed E-state index contributed by atoms with van der Waals surface area (Å²) < 4.78 is 13.9. The van der Waals surface area contributed by atoms with E-state index in [1.165, 1.54) is 11.8 Å². The average molecular weight is 506 g/mol. The quantitative estimate of drug-likeness (QED) is 0.303. The second kappa shape index (κ2) is 10.4. The van der Waals surface area contributed by atoms with Gasteiger partial charge in [-0.3, -0.25) is 9.69 Å². The third kappa shape index (κ3) is 5.34. The van der Waals surface area contributed by atoms with Crippen LogP contribution >= 0.6 is 24.0 Å². The van der Waals surface area contributed by atoms with Gasteiger partial charge in [0.15, 0.2) is 0 Å². The molecule has 1 atom stereocenters. The van der Waals surface area contributed by atoms with Crippen LogP contribution < -0.4 is 4.74 Å². The number of hydrogen-bond acceptors (Lipinski definition) is 6. The van der Waals surface area contributed by atoms with E-state index >= 15 is 0 Å². The number of aromatic nitrogens is 2. The second-order valence-electron chi connectivity index (χ2n) is 8.83. The number of rotatable bonds is 7. The molecule has 3 heterocycles. The largest absolute Gasteiger partial charge is 0.491 e. The second-order valence-corrected chi connectivity index (χ2v) is 10.5. The summed E-state index contributed by atoms with van der Waals surface area (Å²) in [6.07, 6.45) is 5.99. The number of carbonyl (C=O) groups is 1. The summed E-state index contributed by atoms with van der Waals surface area (Å²) >= 11 is 6.87. The number of nitrogens with zero attached hydrogens (tertiary/aromatic N) is 3. The number of carbonyl (C=O) groups excluding carboxylic acids is 1. The van der Waals surface area contributed by atoms with Gasteiger partial charge < -0.3 is 9.47 Å². The molecule has 0 saturated carbocycles. The zero-order valence-electron chi connectivity index (χ0n) is 19.7. The van der Waals surface area contributed by atoms with Gasteiger partial charge in [-0.2, -0.15) is 5.10 Å². The number of hydrogen-bond donors (Lipinski definition) is 0. The first-order chi connectivity index (χ1) is 17.0. The van der Waals surface area contributed by atoms with Crippen LogP contribution in [0.1, 0.15) is 32.3 Å². The van der Waals surface area contributed by atoms with Gasteiger partial charge in [0.1, 0.15) is 10.1 Å². The number of para-hydroxylation sites is 1. The maximum Gasteiger partial charge on any atom is 0.266 e. The zero-order chi connectivity index (χ0) is 24.4. The van der Waals surface area contributed by atoms with Crippen molar-refractivity contribution in [2.45, 2.75) is 38.9 Å². The van der Waals surface area contributed by atoms with E-state index in [4.69, 9.17) is 26.8 Å². The zero-order valence-corrected chi connectivity index (χ0v) is 21.3. The van der Waals surface area contributed by atoms with Crippen molar-refractivity contribution >= 4 is 40.3 Å². The lowest BCUT2D eigenvalue weighted by molar-refractivity contribution is -0.123. The van der Waals surface area contributed by atoms with Gasteiger partial charge >= 0.3 is 0 Å². The van der Waals surface area contributed by atoms with Crippen molar-refractivity contribution < 1.29 is 14.3 Å². The van der Waals surface area contributed by atoms with Gasteiger partial charge in [-0.25, -0.2) is 4.68 Å². The molecule has 2 aliphatic heterocycles. The van der Waals surface area contributed by atoms with E-state index in [2.05, 4.69) is 0 Å². The molecule has 0 N–H and O–H groups in total. The number of thioether (sulfide) groups is 1. The van der Waals surface area contributed by atoms with Crippen molar-refractivity contribution in [2.75, 3.05) is 13.2 Å². The van der Waals surface area contributed by atoms with Crippen LogP contribution in [0.5, 0.6) is 5.75 Å². The molecular weight excluding hydrogens is 478 g/mol. The molecule has 2 fully saturated rings. The number of benzene rings is 2. The Labute approximate surface area is 214 Å². The van der Waals surface area contributed by atoms with E-state index in [-0.39, 0.29) is 18.1 Å². The third-order valence-corrected chi connectivity index (χ3v) is 7.21. The first-order valence-corrected chi connectivity index (χ1v) is 13.0. The molecule has 0 spiro atoms. The Morgan fingerprint density at radius 1 is 1.20 bits per heavy atom. The summed E-state index contributed by atoms with van der Waals surface area (Å²) in [5.41, 5.74) is 3.52. The van der Waals surface area contributed by atoms with Gasteiger partial charge in [-0.15, -0.1) is 0 Å². The summed E-state index contributed by atoms with van der Waals surface area (Å²) in [5.74, 6) is 0.734. The fraction of sp³-hybridized carbons (Fsp3) is 0.296. The fourth-order valence-electron chi connectivity index (χ4n) is 4.18. The van der Waals surface area contributed by atoms with E-state index in [1.54, 1.807) is 4.90 Å². The fourth-order valence-corrected chi connectivity index (χ4v) is 5.45. The van der Waals surface area contributed by atoms with Crippen LogP contribution in [-0.2, 0) is 9.53 Å². The van der Waals surface area contributed by atoms with Crippen molar-refractivity contribution in [3.05, 3.63) is 71.3 Å². The highest BCUT2D eigenvalue weighted by molar-refractivity contribution is 8.26. The molecule has 0 aliphatic carbocycles. The number of amides is 1. The van der Waals surface area contributed by atoms with Gasteiger partial charge in [-0.05, 0) is 69.2 Å². The molecule has 0 bridgehead atoms. The first-order valence-electron chi connectivity index (χ1n) is 11.8.